The molecule has 4 heteroatoms. The van der Waals surface area contributed by atoms with Crippen LogP contribution in [0.25, 0.3) is 0 Å². The number of benzene rings is 1. The van der Waals surface area contributed by atoms with Gasteiger partial charge in [0.25, 0.3) is 0 Å². The first-order chi connectivity index (χ1) is 23.9. The number of hydrogen-bond acceptors (Lipinski definition) is 4. The number of hydrogen-bond donors (Lipinski definition) is 0. The maximum Gasteiger partial charge on any atom is 0.104 e. The van der Waals surface area contributed by atoms with Gasteiger partial charge in [0.05, 0.1) is 39.6 Å². The van der Waals surface area contributed by atoms with Gasteiger partial charge in [-0.25, -0.2) is 0 Å². The first-order valence-corrected chi connectivity index (χ1v) is 20.8. The van der Waals surface area contributed by atoms with E-state index in [1.54, 1.807) is 0 Å². The smallest absolute Gasteiger partial charge is 0.104 e. The average Bonchev–Trinajstić information content (AvgIpc) is 3.93. The van der Waals surface area contributed by atoms with Crippen LogP contribution in [-0.4, -0.2) is 51.8 Å². The minimum absolute atomic E-state index is 0.000153. The maximum absolute atomic E-state index is 5.84. The molecule has 2 fully saturated rings. The zero-order valence-corrected chi connectivity index (χ0v) is 38.2. The Balaban J connectivity index is 1.89. The summed E-state index contributed by atoms with van der Waals surface area (Å²) in [5.41, 5.74) is 4.57. The Morgan fingerprint density at radius 2 is 0.906 bits per heavy atom. The molecule has 1 aromatic rings. The molecule has 53 heavy (non-hydrogen) atoms. The summed E-state index contributed by atoms with van der Waals surface area (Å²) in [6.07, 6.45) is 13.0. The van der Waals surface area contributed by atoms with E-state index in [1.165, 1.54) is 16.7 Å². The third-order valence-electron chi connectivity index (χ3n) is 15.1. The molecule has 0 spiro atoms. The quantitative estimate of drug-likeness (QED) is 0.0716. The van der Waals surface area contributed by atoms with E-state index in [2.05, 4.69) is 174 Å². The Bertz CT molecular complexity index is 1400. The Labute approximate surface area is 328 Å². The lowest BCUT2D eigenvalue weighted by Gasteiger charge is -2.52. The summed E-state index contributed by atoms with van der Waals surface area (Å²) >= 11 is 0. The van der Waals surface area contributed by atoms with Gasteiger partial charge in [-0.15, -0.1) is 0 Å². The molecule has 304 valence electrons. The van der Waals surface area contributed by atoms with Crippen LogP contribution < -0.4 is 0 Å². The van der Waals surface area contributed by atoms with Gasteiger partial charge >= 0.3 is 0 Å². The SMILES string of the molecule is CC(C)(C)c1cc(C(C)(C)C(C)(C)CC(C)(C)C(C)(C)C=CCOCC2CO2)cc(C(C)(C)C(C)(C)CC(C)(C)C(C)(C)CC=CCOCC2CO2)c1. The predicted octanol–water partition coefficient (Wildman–Crippen LogP) is 12.8. The minimum atomic E-state index is -0.0728. The third kappa shape index (κ3) is 11.5. The first kappa shape index (κ1) is 45.9. The van der Waals surface area contributed by atoms with Crippen molar-refractivity contribution in [2.75, 3.05) is 39.6 Å². The molecular weight excluding hydrogens is 653 g/mol. The van der Waals surface area contributed by atoms with Gasteiger partial charge in [0.1, 0.15) is 12.2 Å². The van der Waals surface area contributed by atoms with E-state index in [-0.39, 0.29) is 48.7 Å². The fourth-order valence-electron chi connectivity index (χ4n) is 7.84. The van der Waals surface area contributed by atoms with Crippen LogP contribution >= 0.6 is 0 Å². The Kier molecular flexibility index (Phi) is 14.0. The fraction of sp³-hybridized carbons (Fsp3) is 0.796. The number of rotatable bonds is 21. The molecule has 0 N–H and O–H groups in total. The molecular formula is C49H84O4. The van der Waals surface area contributed by atoms with E-state index in [9.17, 15) is 0 Å². The summed E-state index contributed by atoms with van der Waals surface area (Å²) in [5.74, 6) is 0. The van der Waals surface area contributed by atoms with Crippen LogP contribution in [0.3, 0.4) is 0 Å². The molecule has 0 aliphatic carbocycles. The summed E-state index contributed by atoms with van der Waals surface area (Å²) in [7, 11) is 0. The van der Waals surface area contributed by atoms with Gasteiger partial charge in [0.15, 0.2) is 0 Å². The standard InChI is InChI=1S/C49H84O4/c1-41(2,3)36-27-37(48(16,17)46(12,13)34-44(8,9)42(4,5)23-20-21-25-50-30-39-32-52-39)29-38(28-36)49(18,19)47(14,15)35-45(10,11)43(6,7)24-22-26-51-31-40-33-53-40/h20-22,24,27-29,39-40H,23,25-26,30-35H2,1-19H3. The second-order valence-electron chi connectivity index (χ2n) is 22.9. The number of epoxide rings is 2. The van der Waals surface area contributed by atoms with E-state index >= 15 is 0 Å². The second kappa shape index (κ2) is 16.2. The molecule has 0 bridgehead atoms. The Hall–Kier alpha value is -1.46. The third-order valence-corrected chi connectivity index (χ3v) is 15.1. The van der Waals surface area contributed by atoms with Gasteiger partial charge < -0.3 is 18.9 Å². The molecule has 4 nitrogen and oxygen atoms in total. The van der Waals surface area contributed by atoms with Crippen molar-refractivity contribution in [3.63, 3.8) is 0 Å². The number of allylic oxidation sites excluding steroid dienone is 2. The van der Waals surface area contributed by atoms with Gasteiger partial charge in [-0.1, -0.05) is 174 Å². The molecule has 2 atom stereocenters. The first-order valence-electron chi connectivity index (χ1n) is 20.8. The van der Waals surface area contributed by atoms with Crippen LogP contribution in [0.2, 0.25) is 0 Å². The predicted molar refractivity (Wildman–Crippen MR) is 227 cm³/mol. The molecule has 2 saturated heterocycles. The molecule has 2 unspecified atom stereocenters. The van der Waals surface area contributed by atoms with Crippen LogP contribution in [0.15, 0.2) is 42.5 Å². The van der Waals surface area contributed by atoms with Gasteiger partial charge in [0, 0.05) is 0 Å². The van der Waals surface area contributed by atoms with Crippen LogP contribution in [0.5, 0.6) is 0 Å². The molecule has 0 amide bonds. The van der Waals surface area contributed by atoms with Crippen molar-refractivity contribution in [2.45, 2.75) is 179 Å². The van der Waals surface area contributed by atoms with Crippen molar-refractivity contribution in [3.8, 4) is 0 Å². The van der Waals surface area contributed by atoms with Crippen molar-refractivity contribution >= 4 is 0 Å². The van der Waals surface area contributed by atoms with Gasteiger partial charge in [-0.05, 0) is 84.7 Å². The molecule has 1 aromatic carbocycles. The fourth-order valence-corrected chi connectivity index (χ4v) is 7.84. The lowest BCUT2D eigenvalue weighted by atomic mass is 9.52. The number of ether oxygens (including phenoxy) is 4. The highest BCUT2D eigenvalue weighted by atomic mass is 16.6. The van der Waals surface area contributed by atoms with E-state index in [0.29, 0.717) is 38.6 Å². The summed E-state index contributed by atoms with van der Waals surface area (Å²) in [4.78, 5) is 0. The maximum atomic E-state index is 5.84. The van der Waals surface area contributed by atoms with E-state index in [0.717, 1.165) is 32.5 Å². The molecule has 2 heterocycles. The Morgan fingerprint density at radius 1 is 0.509 bits per heavy atom. The van der Waals surface area contributed by atoms with E-state index in [4.69, 9.17) is 18.9 Å². The Morgan fingerprint density at radius 3 is 1.32 bits per heavy atom. The van der Waals surface area contributed by atoms with E-state index < -0.39 is 0 Å². The normalized spacial score (nSPS) is 19.8. The van der Waals surface area contributed by atoms with Gasteiger partial charge in [-0.3, -0.25) is 0 Å². The van der Waals surface area contributed by atoms with Crippen molar-refractivity contribution in [2.24, 2.45) is 32.5 Å². The molecule has 0 aromatic heterocycles. The molecule has 0 saturated carbocycles. The molecule has 3 rings (SSSR count). The molecule has 0 radical (unpaired) electrons. The van der Waals surface area contributed by atoms with E-state index in [1.807, 2.05) is 0 Å². The largest absolute Gasteiger partial charge is 0.375 e. The lowest BCUT2D eigenvalue weighted by molar-refractivity contribution is 0.0239. The van der Waals surface area contributed by atoms with Crippen molar-refractivity contribution in [1.29, 1.82) is 0 Å². The topological polar surface area (TPSA) is 43.5 Å². The summed E-state index contributed by atoms with van der Waals surface area (Å²) in [6, 6.07) is 7.66. The minimum Gasteiger partial charge on any atom is -0.375 e. The summed E-state index contributed by atoms with van der Waals surface area (Å²) in [6.45, 7) is 51.0. The van der Waals surface area contributed by atoms with Crippen LogP contribution in [0.1, 0.15) is 168 Å². The molecule has 2 aliphatic rings. The van der Waals surface area contributed by atoms with Crippen molar-refractivity contribution in [1.82, 2.24) is 0 Å². The van der Waals surface area contributed by atoms with Gasteiger partial charge in [0.2, 0.25) is 0 Å². The molecule has 2 aliphatic heterocycles. The van der Waals surface area contributed by atoms with Gasteiger partial charge in [-0.2, -0.15) is 0 Å². The zero-order valence-electron chi connectivity index (χ0n) is 38.2. The van der Waals surface area contributed by atoms with Crippen molar-refractivity contribution < 1.29 is 18.9 Å². The highest BCUT2D eigenvalue weighted by Crippen LogP contribution is 2.57. The second-order valence-corrected chi connectivity index (χ2v) is 22.9. The van der Waals surface area contributed by atoms with Crippen LogP contribution in [0.4, 0.5) is 0 Å². The average molecular weight is 737 g/mol. The zero-order chi connectivity index (χ0) is 40.5. The monoisotopic (exact) mass is 737 g/mol. The highest BCUT2D eigenvalue weighted by molar-refractivity contribution is 5.42. The highest BCUT2D eigenvalue weighted by Gasteiger charge is 2.49. The summed E-state index contributed by atoms with van der Waals surface area (Å²) in [5, 5.41) is 0. The summed E-state index contributed by atoms with van der Waals surface area (Å²) < 4.78 is 22.2. The van der Waals surface area contributed by atoms with Crippen molar-refractivity contribution in [3.05, 3.63) is 59.2 Å². The van der Waals surface area contributed by atoms with Crippen LogP contribution in [-0.2, 0) is 35.2 Å². The van der Waals surface area contributed by atoms with Crippen LogP contribution in [0, 0.1) is 32.5 Å². The lowest BCUT2D eigenvalue weighted by Crippen LogP contribution is -2.45.